The molecule has 0 fully saturated rings. The zero-order valence-corrected chi connectivity index (χ0v) is 16.8. The predicted octanol–water partition coefficient (Wildman–Crippen LogP) is 5.15. The molecule has 3 aromatic rings. The highest BCUT2D eigenvalue weighted by molar-refractivity contribution is 5.99. The lowest BCUT2D eigenvalue weighted by Gasteiger charge is -2.11. The van der Waals surface area contributed by atoms with Crippen LogP contribution < -0.4 is 0 Å². The van der Waals surface area contributed by atoms with Crippen LogP contribution in [-0.2, 0) is 9.53 Å². The standard InChI is InChI=1S/C24H24FNO3/c1-16(19-7-5-4-6-8-19)13-24(28)29-15-23(27)22-14-17(2)26(18(22)3)21-11-9-20(25)10-12-21/h4-12,14,16H,13,15H2,1-3H3/t16-/m1/s1. The minimum absolute atomic E-state index is 0.0161. The Morgan fingerprint density at radius 1 is 1.03 bits per heavy atom. The zero-order chi connectivity index (χ0) is 21.0. The summed E-state index contributed by atoms with van der Waals surface area (Å²) in [6, 6.07) is 17.6. The quantitative estimate of drug-likeness (QED) is 0.412. The molecule has 0 radical (unpaired) electrons. The van der Waals surface area contributed by atoms with Crippen molar-refractivity contribution in [1.29, 1.82) is 0 Å². The van der Waals surface area contributed by atoms with Crippen LogP contribution in [0.2, 0.25) is 0 Å². The SMILES string of the molecule is Cc1cc(C(=O)COC(=O)C[C@@H](C)c2ccccc2)c(C)n1-c1ccc(F)cc1. The summed E-state index contributed by atoms with van der Waals surface area (Å²) >= 11 is 0. The van der Waals surface area contributed by atoms with Gasteiger partial charge in [-0.15, -0.1) is 0 Å². The number of nitrogens with zero attached hydrogens (tertiary/aromatic N) is 1. The van der Waals surface area contributed by atoms with E-state index in [0.717, 1.165) is 22.6 Å². The van der Waals surface area contributed by atoms with Gasteiger partial charge in [0.1, 0.15) is 5.82 Å². The molecule has 3 rings (SSSR count). The number of aryl methyl sites for hydroxylation is 1. The summed E-state index contributed by atoms with van der Waals surface area (Å²) in [5.74, 6) is -0.958. The fraction of sp³-hybridized carbons (Fsp3) is 0.250. The number of hydrogen-bond donors (Lipinski definition) is 0. The molecule has 4 nitrogen and oxygen atoms in total. The first-order valence-electron chi connectivity index (χ1n) is 9.55. The Bertz CT molecular complexity index is 1010. The zero-order valence-electron chi connectivity index (χ0n) is 16.8. The molecular formula is C24H24FNO3. The highest BCUT2D eigenvalue weighted by Gasteiger charge is 2.19. The van der Waals surface area contributed by atoms with Crippen molar-refractivity contribution in [3.05, 3.63) is 89.0 Å². The minimum atomic E-state index is -0.401. The topological polar surface area (TPSA) is 48.3 Å². The Labute approximate surface area is 169 Å². The smallest absolute Gasteiger partial charge is 0.306 e. The van der Waals surface area contributed by atoms with Crippen LogP contribution in [0.25, 0.3) is 5.69 Å². The van der Waals surface area contributed by atoms with E-state index in [1.54, 1.807) is 18.2 Å². The number of benzene rings is 2. The maximum absolute atomic E-state index is 13.2. The number of ether oxygens (including phenoxy) is 1. The molecule has 1 aromatic heterocycles. The summed E-state index contributed by atoms with van der Waals surface area (Å²) in [6.07, 6.45) is 0.214. The summed E-state index contributed by atoms with van der Waals surface area (Å²) in [4.78, 5) is 24.8. The molecule has 0 N–H and O–H groups in total. The highest BCUT2D eigenvalue weighted by Crippen LogP contribution is 2.22. The Kier molecular flexibility index (Phi) is 6.27. The van der Waals surface area contributed by atoms with Gasteiger partial charge in [-0.05, 0) is 55.7 Å². The lowest BCUT2D eigenvalue weighted by molar-refractivity contribution is -0.142. The number of rotatable bonds is 7. The number of carbonyl (C=O) groups excluding carboxylic acids is 2. The lowest BCUT2D eigenvalue weighted by atomic mass is 9.98. The third-order valence-corrected chi connectivity index (χ3v) is 5.02. The highest BCUT2D eigenvalue weighted by atomic mass is 19.1. The van der Waals surface area contributed by atoms with Crippen LogP contribution in [-0.4, -0.2) is 22.9 Å². The van der Waals surface area contributed by atoms with Gasteiger partial charge >= 0.3 is 5.97 Å². The van der Waals surface area contributed by atoms with Crippen LogP contribution >= 0.6 is 0 Å². The molecular weight excluding hydrogens is 369 g/mol. The second-order valence-corrected chi connectivity index (χ2v) is 7.20. The molecule has 1 atom stereocenters. The molecule has 0 unspecified atom stereocenters. The van der Waals surface area contributed by atoms with Crippen molar-refractivity contribution in [2.75, 3.05) is 6.61 Å². The molecule has 0 aliphatic heterocycles. The van der Waals surface area contributed by atoms with Crippen LogP contribution in [0.15, 0.2) is 60.7 Å². The second kappa shape index (κ2) is 8.86. The fourth-order valence-corrected chi connectivity index (χ4v) is 3.46. The minimum Gasteiger partial charge on any atom is -0.457 e. The molecule has 0 amide bonds. The van der Waals surface area contributed by atoms with Gasteiger partial charge in [0.05, 0.1) is 6.42 Å². The van der Waals surface area contributed by atoms with Crippen molar-refractivity contribution in [3.8, 4) is 5.69 Å². The first-order chi connectivity index (χ1) is 13.9. The Morgan fingerprint density at radius 2 is 1.69 bits per heavy atom. The van der Waals surface area contributed by atoms with Gasteiger partial charge in [-0.2, -0.15) is 0 Å². The van der Waals surface area contributed by atoms with Gasteiger partial charge < -0.3 is 9.30 Å². The Hall–Kier alpha value is -3.21. The van der Waals surface area contributed by atoms with Crippen molar-refractivity contribution >= 4 is 11.8 Å². The number of halogens is 1. The summed E-state index contributed by atoms with van der Waals surface area (Å²) < 4.78 is 20.3. The van der Waals surface area contributed by atoms with Crippen molar-refractivity contribution in [3.63, 3.8) is 0 Å². The molecule has 150 valence electrons. The van der Waals surface area contributed by atoms with Gasteiger partial charge in [0, 0.05) is 22.6 Å². The van der Waals surface area contributed by atoms with E-state index in [1.165, 1.54) is 12.1 Å². The van der Waals surface area contributed by atoms with Gasteiger partial charge in [0.25, 0.3) is 0 Å². The van der Waals surface area contributed by atoms with Crippen molar-refractivity contribution in [2.24, 2.45) is 0 Å². The van der Waals surface area contributed by atoms with Crippen LogP contribution in [0.3, 0.4) is 0 Å². The average molecular weight is 393 g/mol. The van der Waals surface area contributed by atoms with Gasteiger partial charge in [0.15, 0.2) is 6.61 Å². The fourth-order valence-electron chi connectivity index (χ4n) is 3.46. The molecule has 0 saturated heterocycles. The molecule has 0 bridgehead atoms. The molecule has 1 heterocycles. The van der Waals surface area contributed by atoms with Gasteiger partial charge in [-0.1, -0.05) is 37.3 Å². The van der Waals surface area contributed by atoms with E-state index in [-0.39, 0.29) is 30.5 Å². The van der Waals surface area contributed by atoms with E-state index in [0.29, 0.717) is 5.56 Å². The predicted molar refractivity (Wildman–Crippen MR) is 110 cm³/mol. The van der Waals surface area contributed by atoms with Crippen LogP contribution in [0.5, 0.6) is 0 Å². The van der Waals surface area contributed by atoms with E-state index >= 15 is 0 Å². The first-order valence-corrected chi connectivity index (χ1v) is 9.55. The van der Waals surface area contributed by atoms with Crippen LogP contribution in [0, 0.1) is 19.7 Å². The third kappa shape index (κ3) is 4.80. The molecule has 0 saturated carbocycles. The largest absolute Gasteiger partial charge is 0.457 e. The van der Waals surface area contributed by atoms with Gasteiger partial charge in [-0.3, -0.25) is 9.59 Å². The normalized spacial score (nSPS) is 11.9. The number of ketones is 1. The lowest BCUT2D eigenvalue weighted by Crippen LogP contribution is -2.16. The van der Waals surface area contributed by atoms with Crippen molar-refractivity contribution < 1.29 is 18.7 Å². The summed E-state index contributed by atoms with van der Waals surface area (Å²) in [5.41, 5.74) is 3.90. The number of hydrogen-bond acceptors (Lipinski definition) is 3. The molecule has 0 aliphatic rings. The third-order valence-electron chi connectivity index (χ3n) is 5.02. The van der Waals surface area contributed by atoms with Crippen molar-refractivity contribution in [1.82, 2.24) is 4.57 Å². The summed E-state index contributed by atoms with van der Waals surface area (Å²) in [6.45, 7) is 5.35. The molecule has 5 heteroatoms. The molecule has 29 heavy (non-hydrogen) atoms. The van der Waals surface area contributed by atoms with Crippen molar-refractivity contribution in [2.45, 2.75) is 33.1 Å². The van der Waals surface area contributed by atoms with Gasteiger partial charge in [-0.25, -0.2) is 4.39 Å². The first kappa shape index (κ1) is 20.5. The molecule has 0 spiro atoms. The van der Waals surface area contributed by atoms with E-state index in [2.05, 4.69) is 0 Å². The van der Waals surface area contributed by atoms with Crippen LogP contribution in [0.1, 0.15) is 46.6 Å². The average Bonchev–Trinajstić information content (AvgIpc) is 3.01. The molecule has 2 aromatic carbocycles. The Morgan fingerprint density at radius 3 is 2.34 bits per heavy atom. The van der Waals surface area contributed by atoms with E-state index < -0.39 is 5.97 Å². The monoisotopic (exact) mass is 393 g/mol. The van der Waals surface area contributed by atoms with Crippen LogP contribution in [0.4, 0.5) is 4.39 Å². The number of esters is 1. The van der Waals surface area contributed by atoms with Gasteiger partial charge in [0.2, 0.25) is 5.78 Å². The maximum atomic E-state index is 13.2. The Balaban J connectivity index is 1.64. The van der Waals surface area contributed by atoms with E-state index in [1.807, 2.05) is 55.7 Å². The van der Waals surface area contributed by atoms with E-state index in [9.17, 15) is 14.0 Å². The number of aromatic nitrogens is 1. The second-order valence-electron chi connectivity index (χ2n) is 7.20. The number of carbonyl (C=O) groups is 2. The summed E-state index contributed by atoms with van der Waals surface area (Å²) in [5, 5.41) is 0. The summed E-state index contributed by atoms with van der Waals surface area (Å²) in [7, 11) is 0. The maximum Gasteiger partial charge on any atom is 0.306 e. The number of Topliss-reactive ketones (excluding diaryl/α,β-unsaturated/α-hetero) is 1. The molecule has 0 aliphatic carbocycles. The van der Waals surface area contributed by atoms with E-state index in [4.69, 9.17) is 4.74 Å².